The first-order chi connectivity index (χ1) is 23.5. The lowest BCUT2D eigenvalue weighted by molar-refractivity contribution is 0.0734. The van der Waals surface area contributed by atoms with Crippen molar-refractivity contribution in [3.63, 3.8) is 0 Å². The first kappa shape index (κ1) is 30.1. The van der Waals surface area contributed by atoms with Gasteiger partial charge in [-0.1, -0.05) is 30.4 Å². The summed E-state index contributed by atoms with van der Waals surface area (Å²) < 4.78 is 7.08. The molecule has 1 saturated heterocycles. The zero-order chi connectivity index (χ0) is 32.6. The second-order valence-electron chi connectivity index (χ2n) is 12.5. The molecule has 0 saturated carbocycles. The molecule has 244 valence electrons. The molecule has 13 heteroatoms. The Bertz CT molecular complexity index is 2020. The Morgan fingerprint density at radius 1 is 0.958 bits per heavy atom. The van der Waals surface area contributed by atoms with Gasteiger partial charge >= 0.3 is 0 Å². The van der Waals surface area contributed by atoms with E-state index in [0.717, 1.165) is 91.2 Å². The SMILES string of the molecule is COCCN1CCN(c2ncc(C(=O)N3CCc4cc(Cn5nc(-c6cnc7c(c6)C=CC7)c6c(N)ncnc65)ccc4C3)cn2)CC1. The average molecular weight is 644 g/mol. The van der Waals surface area contributed by atoms with E-state index in [1.54, 1.807) is 19.5 Å². The van der Waals surface area contributed by atoms with Gasteiger partial charge in [0.05, 0.1) is 29.8 Å². The summed E-state index contributed by atoms with van der Waals surface area (Å²) in [5.74, 6) is 1.01. The van der Waals surface area contributed by atoms with Crippen molar-refractivity contribution in [2.24, 2.45) is 0 Å². The number of nitrogens with two attached hydrogens (primary N) is 1. The molecule has 0 radical (unpaired) electrons. The van der Waals surface area contributed by atoms with Crippen LogP contribution in [-0.4, -0.2) is 103 Å². The third kappa shape index (κ3) is 5.75. The first-order valence-electron chi connectivity index (χ1n) is 16.3. The van der Waals surface area contributed by atoms with Crippen LogP contribution in [0.15, 0.2) is 55.3 Å². The molecule has 8 rings (SSSR count). The monoisotopic (exact) mass is 643 g/mol. The van der Waals surface area contributed by atoms with E-state index < -0.39 is 0 Å². The maximum atomic E-state index is 13.5. The maximum Gasteiger partial charge on any atom is 0.257 e. The van der Waals surface area contributed by atoms with E-state index in [4.69, 9.17) is 15.6 Å². The number of ether oxygens (including phenoxy) is 1. The maximum absolute atomic E-state index is 13.5. The Kier molecular flexibility index (Phi) is 7.98. The fourth-order valence-corrected chi connectivity index (χ4v) is 6.82. The van der Waals surface area contributed by atoms with Gasteiger partial charge in [-0.15, -0.1) is 0 Å². The van der Waals surface area contributed by atoms with E-state index in [1.165, 1.54) is 11.9 Å². The number of anilines is 2. The zero-order valence-corrected chi connectivity index (χ0v) is 26.9. The molecular formula is C35H37N11O2. The van der Waals surface area contributed by atoms with Crippen LogP contribution in [0.2, 0.25) is 0 Å². The Morgan fingerprint density at radius 2 is 1.81 bits per heavy atom. The van der Waals surface area contributed by atoms with Gasteiger partial charge in [0.25, 0.3) is 5.91 Å². The number of carbonyl (C=O) groups excluding carboxylic acids is 1. The summed E-state index contributed by atoms with van der Waals surface area (Å²) in [4.78, 5) is 42.5. The molecule has 1 amide bonds. The molecule has 1 aliphatic carbocycles. The predicted molar refractivity (Wildman–Crippen MR) is 182 cm³/mol. The number of pyridine rings is 1. The van der Waals surface area contributed by atoms with Gasteiger partial charge in [0.15, 0.2) is 5.65 Å². The molecule has 0 spiro atoms. The predicted octanol–water partition coefficient (Wildman–Crippen LogP) is 2.85. The molecule has 13 nitrogen and oxygen atoms in total. The summed E-state index contributed by atoms with van der Waals surface area (Å²) in [6.45, 7) is 6.93. The lowest BCUT2D eigenvalue weighted by atomic mass is 9.97. The third-order valence-corrected chi connectivity index (χ3v) is 9.50. The fourth-order valence-electron chi connectivity index (χ4n) is 6.82. The van der Waals surface area contributed by atoms with Gasteiger partial charge in [0, 0.05) is 83.5 Å². The minimum absolute atomic E-state index is 0.0509. The molecule has 0 atom stereocenters. The highest BCUT2D eigenvalue weighted by Gasteiger charge is 2.25. The number of methoxy groups -OCH3 is 1. The normalized spacial score (nSPS) is 16.0. The van der Waals surface area contributed by atoms with Gasteiger partial charge in [-0.25, -0.2) is 24.6 Å². The van der Waals surface area contributed by atoms with E-state index >= 15 is 0 Å². The van der Waals surface area contributed by atoms with Crippen LogP contribution in [0.5, 0.6) is 0 Å². The molecule has 6 heterocycles. The van der Waals surface area contributed by atoms with Crippen LogP contribution in [0, 0.1) is 0 Å². The minimum atomic E-state index is -0.0509. The van der Waals surface area contributed by atoms with E-state index in [0.29, 0.717) is 42.6 Å². The molecule has 4 aromatic heterocycles. The van der Waals surface area contributed by atoms with Gasteiger partial charge < -0.3 is 20.3 Å². The van der Waals surface area contributed by atoms with Crippen molar-refractivity contribution in [1.82, 2.24) is 44.5 Å². The zero-order valence-electron chi connectivity index (χ0n) is 26.9. The number of aromatic nitrogens is 7. The van der Waals surface area contributed by atoms with Crippen molar-refractivity contribution < 1.29 is 9.53 Å². The van der Waals surface area contributed by atoms with E-state index in [-0.39, 0.29) is 5.91 Å². The van der Waals surface area contributed by atoms with Crippen molar-refractivity contribution in [3.8, 4) is 11.3 Å². The molecule has 2 N–H and O–H groups in total. The summed E-state index contributed by atoms with van der Waals surface area (Å²) >= 11 is 0. The number of carbonyl (C=O) groups is 1. The highest BCUT2D eigenvalue weighted by Crippen LogP contribution is 2.32. The molecule has 0 unspecified atom stereocenters. The number of nitrogens with zero attached hydrogens (tertiary/aromatic N) is 10. The highest BCUT2D eigenvalue weighted by molar-refractivity contribution is 5.98. The largest absolute Gasteiger partial charge is 0.383 e. The number of benzene rings is 1. The fraction of sp³-hybridized carbons (Fsp3) is 0.343. The van der Waals surface area contributed by atoms with Crippen LogP contribution in [-0.2, 0) is 30.7 Å². The third-order valence-electron chi connectivity index (χ3n) is 9.50. The molecule has 0 bridgehead atoms. The van der Waals surface area contributed by atoms with Crippen molar-refractivity contribution in [2.75, 3.05) is 63.6 Å². The summed E-state index contributed by atoms with van der Waals surface area (Å²) in [7, 11) is 1.73. The molecule has 48 heavy (non-hydrogen) atoms. The smallest absolute Gasteiger partial charge is 0.257 e. The number of rotatable bonds is 8. The van der Waals surface area contributed by atoms with Gasteiger partial charge in [0.2, 0.25) is 5.95 Å². The Hall–Kier alpha value is -5.27. The highest BCUT2D eigenvalue weighted by atomic mass is 16.5. The second kappa shape index (κ2) is 12.7. The van der Waals surface area contributed by atoms with Crippen LogP contribution in [0.1, 0.15) is 38.3 Å². The van der Waals surface area contributed by atoms with Crippen molar-refractivity contribution in [3.05, 3.63) is 88.8 Å². The van der Waals surface area contributed by atoms with Crippen molar-refractivity contribution in [2.45, 2.75) is 25.9 Å². The molecule has 1 aromatic carbocycles. The van der Waals surface area contributed by atoms with Crippen LogP contribution in [0.25, 0.3) is 28.4 Å². The van der Waals surface area contributed by atoms with E-state index in [9.17, 15) is 4.79 Å². The van der Waals surface area contributed by atoms with E-state index in [2.05, 4.69) is 71.1 Å². The number of hydrogen-bond donors (Lipinski definition) is 1. The van der Waals surface area contributed by atoms with Crippen molar-refractivity contribution in [1.29, 1.82) is 0 Å². The molecular weight excluding hydrogens is 606 g/mol. The molecule has 5 aromatic rings. The first-order valence-corrected chi connectivity index (χ1v) is 16.3. The van der Waals surface area contributed by atoms with Gasteiger partial charge in [-0.05, 0) is 34.7 Å². The minimum Gasteiger partial charge on any atom is -0.383 e. The second-order valence-corrected chi connectivity index (χ2v) is 12.5. The van der Waals surface area contributed by atoms with Crippen LogP contribution in [0.3, 0.4) is 0 Å². The summed E-state index contributed by atoms with van der Waals surface area (Å²) in [5, 5.41) is 5.70. The van der Waals surface area contributed by atoms with Gasteiger partial charge in [-0.2, -0.15) is 5.10 Å². The summed E-state index contributed by atoms with van der Waals surface area (Å²) in [5.41, 5.74) is 14.8. The number of amides is 1. The van der Waals surface area contributed by atoms with Gasteiger partial charge in [0.1, 0.15) is 17.8 Å². The topological polar surface area (TPSA) is 144 Å². The summed E-state index contributed by atoms with van der Waals surface area (Å²) in [6.07, 6.45) is 12.5. The molecule has 2 aliphatic heterocycles. The van der Waals surface area contributed by atoms with Crippen LogP contribution >= 0.6 is 0 Å². The Morgan fingerprint density at radius 3 is 2.65 bits per heavy atom. The number of piperazine rings is 1. The Balaban J connectivity index is 0.952. The molecule has 3 aliphatic rings. The number of fused-ring (bicyclic) bond motifs is 3. The number of nitrogen functional groups attached to an aromatic ring is 1. The van der Waals surface area contributed by atoms with Gasteiger partial charge in [-0.3, -0.25) is 14.7 Å². The lowest BCUT2D eigenvalue weighted by Gasteiger charge is -2.34. The number of allylic oxidation sites excluding steroid dienone is 1. The average Bonchev–Trinajstić information content (AvgIpc) is 3.75. The lowest BCUT2D eigenvalue weighted by Crippen LogP contribution is -2.47. The van der Waals surface area contributed by atoms with Crippen LogP contribution in [0.4, 0.5) is 11.8 Å². The van der Waals surface area contributed by atoms with Crippen molar-refractivity contribution >= 4 is 34.8 Å². The molecule has 1 fully saturated rings. The van der Waals surface area contributed by atoms with Crippen LogP contribution < -0.4 is 10.6 Å². The standard InChI is InChI=1S/C35H37N11O2/c1-48-14-13-43-9-11-44(12-10-43)35-38-18-28(19-39-35)34(47)45-8-7-24-15-23(5-6-26(24)21-45)20-46-33-30(32(36)40-22-41-33)31(42-46)27-16-25-3-2-4-29(25)37-17-27/h2-3,5-6,15-19,22H,4,7-14,20-21H2,1H3,(H2,36,40,41). The number of hydrogen-bond acceptors (Lipinski definition) is 11. The Labute approximate surface area is 278 Å². The summed E-state index contributed by atoms with van der Waals surface area (Å²) in [6, 6.07) is 8.52. The van der Waals surface area contributed by atoms with E-state index in [1.807, 2.05) is 15.8 Å². The quantitative estimate of drug-likeness (QED) is 0.267.